The minimum absolute atomic E-state index is 0.138. The van der Waals surface area contributed by atoms with Crippen molar-refractivity contribution in [3.63, 3.8) is 0 Å². The Bertz CT molecular complexity index is 718. The van der Waals surface area contributed by atoms with Gasteiger partial charge in [-0.1, -0.05) is 35.9 Å². The smallest absolute Gasteiger partial charge is 0.224 e. The topological polar surface area (TPSA) is 56.8 Å². The molecule has 0 bridgehead atoms. The van der Waals surface area contributed by atoms with Crippen molar-refractivity contribution in [1.82, 2.24) is 5.32 Å². The average molecular weight is 350 g/mol. The summed E-state index contributed by atoms with van der Waals surface area (Å²) < 4.78 is 15.9. The minimum atomic E-state index is -0.138. The van der Waals surface area contributed by atoms with Crippen LogP contribution in [-0.2, 0) is 17.8 Å². The van der Waals surface area contributed by atoms with Crippen LogP contribution in [0.25, 0.3) is 0 Å². The number of halogens is 1. The van der Waals surface area contributed by atoms with Crippen LogP contribution in [0.4, 0.5) is 0 Å². The summed E-state index contributed by atoms with van der Waals surface area (Å²) >= 11 is 6.09. The number of benzene rings is 2. The van der Waals surface area contributed by atoms with Gasteiger partial charge in [0.05, 0.1) is 27.8 Å². The molecule has 2 aromatic carbocycles. The summed E-state index contributed by atoms with van der Waals surface area (Å²) in [4.78, 5) is 12.2. The first-order valence-electron chi connectivity index (χ1n) is 7.38. The van der Waals surface area contributed by atoms with E-state index in [1.165, 1.54) is 14.2 Å². The second kappa shape index (κ2) is 8.45. The molecule has 0 spiro atoms. The van der Waals surface area contributed by atoms with Gasteiger partial charge in [-0.25, -0.2) is 0 Å². The first-order chi connectivity index (χ1) is 11.6. The third-order valence-electron chi connectivity index (χ3n) is 3.57. The molecular formula is C18H20ClNO4. The van der Waals surface area contributed by atoms with E-state index in [4.69, 9.17) is 25.8 Å². The van der Waals surface area contributed by atoms with Crippen LogP contribution in [0, 0.1) is 0 Å². The van der Waals surface area contributed by atoms with Gasteiger partial charge < -0.3 is 19.5 Å². The fraction of sp³-hybridized carbons (Fsp3) is 0.278. The largest absolute Gasteiger partial charge is 0.493 e. The summed E-state index contributed by atoms with van der Waals surface area (Å²) in [5, 5.41) is 3.48. The van der Waals surface area contributed by atoms with Crippen LogP contribution in [-0.4, -0.2) is 27.2 Å². The molecule has 0 saturated heterocycles. The molecule has 2 rings (SSSR count). The number of hydrogen-bond donors (Lipinski definition) is 1. The first-order valence-corrected chi connectivity index (χ1v) is 7.76. The maximum absolute atomic E-state index is 12.2. The van der Waals surface area contributed by atoms with Crippen LogP contribution in [0.2, 0.25) is 5.02 Å². The van der Waals surface area contributed by atoms with Crippen LogP contribution < -0.4 is 19.5 Å². The molecule has 5 nitrogen and oxygen atoms in total. The Morgan fingerprint density at radius 1 is 0.958 bits per heavy atom. The van der Waals surface area contributed by atoms with Crippen molar-refractivity contribution >= 4 is 17.5 Å². The van der Waals surface area contributed by atoms with E-state index in [9.17, 15) is 4.79 Å². The van der Waals surface area contributed by atoms with Gasteiger partial charge in [0.2, 0.25) is 11.7 Å². The zero-order chi connectivity index (χ0) is 17.5. The van der Waals surface area contributed by atoms with Crippen molar-refractivity contribution in [1.29, 1.82) is 0 Å². The van der Waals surface area contributed by atoms with E-state index < -0.39 is 0 Å². The Balaban J connectivity index is 2.10. The van der Waals surface area contributed by atoms with Crippen molar-refractivity contribution in [3.8, 4) is 17.2 Å². The molecule has 0 aliphatic rings. The standard InChI is InChI=1S/C18H20ClNO4/c1-22-15-9-8-12(17(23-2)18(15)24-3)10-16(21)20-11-13-6-4-5-7-14(13)19/h4-9H,10-11H2,1-3H3,(H,20,21). The molecule has 0 saturated carbocycles. The normalized spacial score (nSPS) is 10.2. The Morgan fingerprint density at radius 3 is 2.29 bits per heavy atom. The Kier molecular flexibility index (Phi) is 6.32. The van der Waals surface area contributed by atoms with Gasteiger partial charge in [-0.05, 0) is 17.7 Å². The van der Waals surface area contributed by atoms with Gasteiger partial charge in [0.25, 0.3) is 0 Å². The van der Waals surface area contributed by atoms with Crippen LogP contribution in [0.15, 0.2) is 36.4 Å². The quantitative estimate of drug-likeness (QED) is 0.833. The lowest BCUT2D eigenvalue weighted by molar-refractivity contribution is -0.120. The zero-order valence-electron chi connectivity index (χ0n) is 13.9. The van der Waals surface area contributed by atoms with E-state index in [1.54, 1.807) is 25.3 Å². The number of ether oxygens (including phenoxy) is 3. The van der Waals surface area contributed by atoms with E-state index in [0.29, 0.717) is 34.4 Å². The van der Waals surface area contributed by atoms with Gasteiger partial charge in [0, 0.05) is 17.1 Å². The van der Waals surface area contributed by atoms with Crippen molar-refractivity contribution < 1.29 is 19.0 Å². The highest BCUT2D eigenvalue weighted by Crippen LogP contribution is 2.39. The van der Waals surface area contributed by atoms with Crippen molar-refractivity contribution in [2.24, 2.45) is 0 Å². The van der Waals surface area contributed by atoms with Crippen LogP contribution in [0.5, 0.6) is 17.2 Å². The summed E-state index contributed by atoms with van der Waals surface area (Å²) in [7, 11) is 4.61. The fourth-order valence-corrected chi connectivity index (χ4v) is 2.58. The number of nitrogens with one attached hydrogen (secondary N) is 1. The molecule has 0 aliphatic heterocycles. The summed E-state index contributed by atoms with van der Waals surface area (Å²) in [5.41, 5.74) is 1.58. The van der Waals surface area contributed by atoms with Gasteiger partial charge in [0.15, 0.2) is 11.5 Å². The number of hydrogen-bond acceptors (Lipinski definition) is 4. The van der Waals surface area contributed by atoms with Crippen LogP contribution in [0.1, 0.15) is 11.1 Å². The molecule has 1 amide bonds. The number of amides is 1. The molecular weight excluding hydrogens is 330 g/mol. The first kappa shape index (κ1) is 17.9. The highest BCUT2D eigenvalue weighted by molar-refractivity contribution is 6.31. The van der Waals surface area contributed by atoms with Crippen LogP contribution in [0.3, 0.4) is 0 Å². The molecule has 0 fully saturated rings. The van der Waals surface area contributed by atoms with E-state index in [2.05, 4.69) is 5.32 Å². The van der Waals surface area contributed by atoms with E-state index in [1.807, 2.05) is 18.2 Å². The molecule has 1 N–H and O–H groups in total. The van der Waals surface area contributed by atoms with Crippen LogP contribution >= 0.6 is 11.6 Å². The lowest BCUT2D eigenvalue weighted by atomic mass is 10.1. The van der Waals surface area contributed by atoms with E-state index in [0.717, 1.165) is 5.56 Å². The van der Waals surface area contributed by atoms with E-state index >= 15 is 0 Å². The van der Waals surface area contributed by atoms with Crippen molar-refractivity contribution in [2.45, 2.75) is 13.0 Å². The third-order valence-corrected chi connectivity index (χ3v) is 3.94. The second-order valence-corrected chi connectivity index (χ2v) is 5.45. The summed E-state index contributed by atoms with van der Waals surface area (Å²) in [6.07, 6.45) is 0.161. The molecule has 0 heterocycles. The maximum atomic E-state index is 12.2. The Labute approximate surface area is 146 Å². The summed E-state index contributed by atoms with van der Waals surface area (Å²) in [5.74, 6) is 1.37. The number of carbonyl (C=O) groups is 1. The van der Waals surface area contributed by atoms with Crippen molar-refractivity contribution in [3.05, 3.63) is 52.5 Å². The fourth-order valence-electron chi connectivity index (χ4n) is 2.37. The lowest BCUT2D eigenvalue weighted by Gasteiger charge is -2.15. The molecule has 0 aliphatic carbocycles. The van der Waals surface area contributed by atoms with E-state index in [-0.39, 0.29) is 12.3 Å². The number of methoxy groups -OCH3 is 3. The second-order valence-electron chi connectivity index (χ2n) is 5.04. The van der Waals surface area contributed by atoms with Crippen molar-refractivity contribution in [2.75, 3.05) is 21.3 Å². The zero-order valence-corrected chi connectivity index (χ0v) is 14.6. The monoisotopic (exact) mass is 349 g/mol. The molecule has 0 unspecified atom stereocenters. The Morgan fingerprint density at radius 2 is 1.67 bits per heavy atom. The summed E-state index contributed by atoms with van der Waals surface area (Å²) in [6.45, 7) is 0.369. The predicted molar refractivity (Wildman–Crippen MR) is 93.1 cm³/mol. The molecule has 6 heteroatoms. The van der Waals surface area contributed by atoms with Gasteiger partial charge in [-0.15, -0.1) is 0 Å². The Hall–Kier alpha value is -2.40. The maximum Gasteiger partial charge on any atom is 0.224 e. The van der Waals surface area contributed by atoms with Gasteiger partial charge in [-0.3, -0.25) is 4.79 Å². The van der Waals surface area contributed by atoms with Gasteiger partial charge in [-0.2, -0.15) is 0 Å². The number of carbonyl (C=O) groups excluding carboxylic acids is 1. The molecule has 0 radical (unpaired) electrons. The average Bonchev–Trinajstić information content (AvgIpc) is 2.60. The highest BCUT2D eigenvalue weighted by atomic mass is 35.5. The minimum Gasteiger partial charge on any atom is -0.493 e. The molecule has 24 heavy (non-hydrogen) atoms. The predicted octanol–water partition coefficient (Wildman–Crippen LogP) is 3.22. The highest BCUT2D eigenvalue weighted by Gasteiger charge is 2.17. The number of rotatable bonds is 7. The molecule has 128 valence electrons. The molecule has 0 aromatic heterocycles. The third kappa shape index (κ3) is 4.11. The SMILES string of the molecule is COc1ccc(CC(=O)NCc2ccccc2Cl)c(OC)c1OC. The van der Waals surface area contributed by atoms with Gasteiger partial charge in [0.1, 0.15) is 0 Å². The van der Waals surface area contributed by atoms with Gasteiger partial charge >= 0.3 is 0 Å². The molecule has 2 aromatic rings. The summed E-state index contributed by atoms with van der Waals surface area (Å²) in [6, 6.07) is 10.9. The lowest BCUT2D eigenvalue weighted by Crippen LogP contribution is -2.25. The molecule has 0 atom stereocenters.